The predicted octanol–water partition coefficient (Wildman–Crippen LogP) is 3.49. The Morgan fingerprint density at radius 2 is 1.97 bits per heavy atom. The Kier molecular flexibility index (Phi) is 6.93. The zero-order chi connectivity index (χ0) is 26.4. The zero-order valence-corrected chi connectivity index (χ0v) is 21.6. The molecule has 0 saturated heterocycles. The van der Waals surface area contributed by atoms with Crippen LogP contribution in [0, 0.1) is 13.8 Å². The Morgan fingerprint density at radius 3 is 2.64 bits per heavy atom. The maximum Gasteiger partial charge on any atom is 0.259 e. The number of primary sulfonamides is 1. The van der Waals surface area contributed by atoms with E-state index >= 15 is 0 Å². The molecular formula is C24H25ClN4O6S. The first-order valence-corrected chi connectivity index (χ1v) is 12.9. The van der Waals surface area contributed by atoms with Crippen molar-refractivity contribution in [3.8, 4) is 17.1 Å². The summed E-state index contributed by atoms with van der Waals surface area (Å²) in [5.41, 5.74) is 2.37. The van der Waals surface area contributed by atoms with Gasteiger partial charge in [0.1, 0.15) is 22.6 Å². The number of pyridine rings is 1. The summed E-state index contributed by atoms with van der Waals surface area (Å²) in [4.78, 5) is 17.1. The van der Waals surface area contributed by atoms with E-state index in [-0.39, 0.29) is 22.9 Å². The van der Waals surface area contributed by atoms with E-state index in [1.54, 1.807) is 50.0 Å². The molecule has 0 radical (unpaired) electrons. The smallest absolute Gasteiger partial charge is 0.259 e. The van der Waals surface area contributed by atoms with Crippen molar-refractivity contribution in [1.29, 1.82) is 0 Å². The van der Waals surface area contributed by atoms with Crippen LogP contribution in [0.25, 0.3) is 22.3 Å². The van der Waals surface area contributed by atoms with Gasteiger partial charge in [0, 0.05) is 17.3 Å². The van der Waals surface area contributed by atoms with Crippen LogP contribution in [0.1, 0.15) is 36.6 Å². The Balaban J connectivity index is 1.85. The minimum atomic E-state index is -4.22. The van der Waals surface area contributed by atoms with Crippen LogP contribution in [0.3, 0.4) is 0 Å². The van der Waals surface area contributed by atoms with Crippen molar-refractivity contribution in [3.63, 3.8) is 0 Å². The number of rotatable bonds is 7. The highest BCUT2D eigenvalue weighted by atomic mass is 35.5. The molecule has 0 fully saturated rings. The highest BCUT2D eigenvalue weighted by Crippen LogP contribution is 2.34. The molecule has 0 aliphatic carbocycles. The molecule has 0 amide bonds. The van der Waals surface area contributed by atoms with Gasteiger partial charge in [-0.1, -0.05) is 11.6 Å². The molecule has 4 aromatic rings. The largest absolute Gasteiger partial charge is 0.483 e. The summed E-state index contributed by atoms with van der Waals surface area (Å²) < 4.78 is 37.9. The first kappa shape index (κ1) is 25.8. The van der Waals surface area contributed by atoms with E-state index in [0.717, 1.165) is 5.56 Å². The number of nitrogens with two attached hydrogens (primary N) is 1. The van der Waals surface area contributed by atoms with Crippen molar-refractivity contribution < 1.29 is 22.7 Å². The molecule has 2 atom stereocenters. The van der Waals surface area contributed by atoms with E-state index in [9.17, 15) is 18.3 Å². The molecule has 3 N–H and O–H groups in total. The second-order valence-electron chi connectivity index (χ2n) is 8.66. The summed E-state index contributed by atoms with van der Waals surface area (Å²) >= 11 is 5.86. The Bertz CT molecular complexity index is 1630. The van der Waals surface area contributed by atoms with Gasteiger partial charge in [-0.25, -0.2) is 18.5 Å². The lowest BCUT2D eigenvalue weighted by atomic mass is 10.0. The van der Waals surface area contributed by atoms with Crippen LogP contribution in [-0.2, 0) is 16.6 Å². The minimum absolute atomic E-state index is 0.0534. The molecule has 190 valence electrons. The van der Waals surface area contributed by atoms with Crippen LogP contribution in [0.5, 0.6) is 5.75 Å². The number of hydrogen-bond donors (Lipinski definition) is 2. The van der Waals surface area contributed by atoms with Gasteiger partial charge in [-0.2, -0.15) is 5.10 Å². The SMILES string of the molecule is Cc1cc([C@@H](C)Oc2ccc(Cl)nc2S(N)(=O)=O)c2oc(-c3cnn(C[C@H](C)O)c3)c(C)c(=O)c2c1. The summed E-state index contributed by atoms with van der Waals surface area (Å²) in [6.45, 7) is 7.13. The summed E-state index contributed by atoms with van der Waals surface area (Å²) in [6, 6.07) is 6.28. The zero-order valence-electron chi connectivity index (χ0n) is 20.0. The number of aliphatic hydroxyl groups is 1. The van der Waals surface area contributed by atoms with Crippen molar-refractivity contribution in [2.75, 3.05) is 0 Å². The fourth-order valence-corrected chi connectivity index (χ4v) is 4.77. The summed E-state index contributed by atoms with van der Waals surface area (Å²) in [5.74, 6) is 0.248. The van der Waals surface area contributed by atoms with Gasteiger partial charge in [0.15, 0.2) is 11.2 Å². The lowest BCUT2D eigenvalue weighted by molar-refractivity contribution is 0.168. The lowest BCUT2D eigenvalue weighted by Crippen LogP contribution is -2.17. The Labute approximate surface area is 212 Å². The first-order chi connectivity index (χ1) is 16.8. The number of fused-ring (bicyclic) bond motifs is 1. The molecule has 3 heterocycles. The number of nitrogens with zero attached hydrogens (tertiary/aromatic N) is 3. The van der Waals surface area contributed by atoms with Crippen molar-refractivity contribution >= 4 is 32.6 Å². The number of aryl methyl sites for hydroxylation is 1. The van der Waals surface area contributed by atoms with E-state index in [0.29, 0.717) is 33.4 Å². The van der Waals surface area contributed by atoms with Crippen molar-refractivity contribution in [3.05, 3.63) is 68.7 Å². The van der Waals surface area contributed by atoms with E-state index in [4.69, 9.17) is 25.9 Å². The maximum atomic E-state index is 13.3. The number of sulfonamides is 1. The molecule has 0 aliphatic heterocycles. The third kappa shape index (κ3) is 5.14. The fraction of sp³-hybridized carbons (Fsp3) is 0.292. The molecule has 1 aromatic carbocycles. The van der Waals surface area contributed by atoms with Crippen molar-refractivity contribution in [1.82, 2.24) is 14.8 Å². The third-order valence-electron chi connectivity index (χ3n) is 5.54. The molecule has 12 heteroatoms. The molecule has 10 nitrogen and oxygen atoms in total. The predicted molar refractivity (Wildman–Crippen MR) is 135 cm³/mol. The van der Waals surface area contributed by atoms with Gasteiger partial charge in [0.2, 0.25) is 5.03 Å². The van der Waals surface area contributed by atoms with Gasteiger partial charge in [0.25, 0.3) is 10.0 Å². The molecule has 0 bridgehead atoms. The molecule has 0 spiro atoms. The highest BCUT2D eigenvalue weighted by molar-refractivity contribution is 7.89. The minimum Gasteiger partial charge on any atom is -0.483 e. The van der Waals surface area contributed by atoms with Gasteiger partial charge in [0.05, 0.1) is 29.8 Å². The molecule has 36 heavy (non-hydrogen) atoms. The first-order valence-electron chi connectivity index (χ1n) is 11.0. The quantitative estimate of drug-likeness (QED) is 0.343. The van der Waals surface area contributed by atoms with Crippen LogP contribution < -0.4 is 15.3 Å². The Hall–Kier alpha value is -3.25. The Morgan fingerprint density at radius 1 is 1.25 bits per heavy atom. The van der Waals surface area contributed by atoms with Gasteiger partial charge in [-0.3, -0.25) is 9.48 Å². The second-order valence-corrected chi connectivity index (χ2v) is 10.5. The van der Waals surface area contributed by atoms with E-state index in [2.05, 4.69) is 10.1 Å². The molecule has 0 unspecified atom stereocenters. The van der Waals surface area contributed by atoms with Crippen molar-refractivity contribution in [2.45, 2.75) is 51.5 Å². The topological polar surface area (TPSA) is 151 Å². The number of halogens is 1. The van der Waals surface area contributed by atoms with Crippen LogP contribution in [0.15, 0.2) is 50.9 Å². The lowest BCUT2D eigenvalue weighted by Gasteiger charge is -2.19. The second kappa shape index (κ2) is 9.66. The molecule has 0 saturated carbocycles. The van der Waals surface area contributed by atoms with E-state index in [1.165, 1.54) is 12.1 Å². The normalized spacial score (nSPS) is 13.6. The van der Waals surface area contributed by atoms with E-state index in [1.807, 2.05) is 6.92 Å². The third-order valence-corrected chi connectivity index (χ3v) is 6.58. The number of aromatic nitrogens is 3. The van der Waals surface area contributed by atoms with E-state index < -0.39 is 27.3 Å². The average molecular weight is 533 g/mol. The number of hydrogen-bond acceptors (Lipinski definition) is 8. The number of aliphatic hydroxyl groups excluding tert-OH is 1. The maximum absolute atomic E-state index is 13.3. The monoisotopic (exact) mass is 532 g/mol. The van der Waals surface area contributed by atoms with Gasteiger partial charge in [-0.15, -0.1) is 0 Å². The highest BCUT2D eigenvalue weighted by Gasteiger charge is 2.24. The standard InChI is InChI=1S/C24H25ClN4O6S/c1-12-7-17(15(4)34-19-5-6-20(25)28-24(19)36(26,32)33)23-18(8-12)21(31)14(3)22(35-23)16-9-27-29(11-16)10-13(2)30/h5-9,11,13,15,30H,10H2,1-4H3,(H2,26,32,33)/t13-,15+/m0/s1. The summed E-state index contributed by atoms with van der Waals surface area (Å²) in [5, 5.41) is 19.0. The molecule has 4 rings (SSSR count). The summed E-state index contributed by atoms with van der Waals surface area (Å²) in [7, 11) is -4.22. The average Bonchev–Trinajstić information content (AvgIpc) is 3.24. The van der Waals surface area contributed by atoms with Crippen molar-refractivity contribution in [2.24, 2.45) is 5.14 Å². The van der Waals surface area contributed by atoms with Crippen LogP contribution in [0.2, 0.25) is 5.15 Å². The molecule has 3 aromatic heterocycles. The van der Waals surface area contributed by atoms with Gasteiger partial charge in [-0.05, 0) is 57.5 Å². The fourth-order valence-electron chi connectivity index (χ4n) is 3.95. The van der Waals surface area contributed by atoms with Gasteiger partial charge < -0.3 is 14.3 Å². The molecular weight excluding hydrogens is 508 g/mol. The summed E-state index contributed by atoms with van der Waals surface area (Å²) in [6.07, 6.45) is 1.90. The van der Waals surface area contributed by atoms with Gasteiger partial charge >= 0.3 is 0 Å². The number of benzene rings is 1. The van der Waals surface area contributed by atoms with Crippen LogP contribution >= 0.6 is 11.6 Å². The molecule has 0 aliphatic rings. The van der Waals surface area contributed by atoms with Crippen LogP contribution in [-0.4, -0.2) is 34.4 Å². The van der Waals surface area contributed by atoms with Crippen LogP contribution in [0.4, 0.5) is 0 Å². The number of ether oxygens (including phenoxy) is 1.